The highest BCUT2D eigenvalue weighted by Gasteiger charge is 2.29. The molecule has 0 spiro atoms. The maximum atomic E-state index is 12.8. The maximum absolute atomic E-state index is 12.8. The second kappa shape index (κ2) is 29.3. The summed E-state index contributed by atoms with van der Waals surface area (Å²) in [6.07, 6.45) is 10.2. The molecule has 1 aliphatic heterocycles. The molecule has 0 N–H and O–H groups in total. The first-order chi connectivity index (χ1) is 32.3. The van der Waals surface area contributed by atoms with E-state index in [-0.39, 0.29) is 13.2 Å². The molecular formula is C52H60O14. The third-order valence-electron chi connectivity index (χ3n) is 10.1. The number of esters is 4. The van der Waals surface area contributed by atoms with Crippen molar-refractivity contribution in [3.63, 3.8) is 0 Å². The number of benzene rings is 4. The van der Waals surface area contributed by atoms with E-state index in [0.29, 0.717) is 73.8 Å². The molecule has 0 saturated carbocycles. The number of hydrogen-bond acceptors (Lipinski definition) is 14. The summed E-state index contributed by atoms with van der Waals surface area (Å²) < 4.78 is 56.4. The molecular weight excluding hydrogens is 849 g/mol. The molecule has 0 aliphatic carbocycles. The Morgan fingerprint density at radius 1 is 0.455 bits per heavy atom. The minimum Gasteiger partial charge on any atom is -0.494 e. The van der Waals surface area contributed by atoms with Crippen LogP contribution in [0.15, 0.2) is 122 Å². The van der Waals surface area contributed by atoms with Gasteiger partial charge in [0.2, 0.25) is 12.6 Å². The molecule has 0 unspecified atom stereocenters. The molecule has 4 aromatic carbocycles. The molecule has 1 heterocycles. The monoisotopic (exact) mass is 908 g/mol. The highest BCUT2D eigenvalue weighted by atomic mass is 16.8. The summed E-state index contributed by atoms with van der Waals surface area (Å²) in [5.41, 5.74) is 2.45. The molecule has 66 heavy (non-hydrogen) atoms. The molecule has 14 nitrogen and oxygen atoms in total. The lowest BCUT2D eigenvalue weighted by Gasteiger charge is -2.31. The summed E-state index contributed by atoms with van der Waals surface area (Å²) in [7, 11) is 0. The fourth-order valence-electron chi connectivity index (χ4n) is 6.42. The van der Waals surface area contributed by atoms with Crippen LogP contribution < -0.4 is 18.9 Å². The number of hydrogen-bond donors (Lipinski definition) is 0. The van der Waals surface area contributed by atoms with E-state index in [1.54, 1.807) is 97.1 Å². The number of carbonyl (C=O) groups excluding carboxylic acids is 4. The lowest BCUT2D eigenvalue weighted by Crippen LogP contribution is -2.41. The van der Waals surface area contributed by atoms with Crippen molar-refractivity contribution in [1.29, 1.82) is 0 Å². The predicted octanol–water partition coefficient (Wildman–Crippen LogP) is 9.67. The molecule has 1 saturated heterocycles. The Labute approximate surface area is 386 Å². The van der Waals surface area contributed by atoms with E-state index in [0.717, 1.165) is 75.3 Å². The highest BCUT2D eigenvalue weighted by Crippen LogP contribution is 2.22. The Hall–Kier alpha value is -6.32. The van der Waals surface area contributed by atoms with E-state index in [1.807, 2.05) is 0 Å². The average molecular weight is 909 g/mol. The second-order valence-electron chi connectivity index (χ2n) is 15.2. The third kappa shape index (κ3) is 19.0. The van der Waals surface area contributed by atoms with Gasteiger partial charge in [-0.05, 0) is 110 Å². The van der Waals surface area contributed by atoms with Gasteiger partial charge in [0.05, 0.1) is 64.0 Å². The van der Waals surface area contributed by atoms with Crippen molar-refractivity contribution in [2.45, 2.75) is 90.0 Å². The summed E-state index contributed by atoms with van der Waals surface area (Å²) in [5.74, 6) is 0.369. The number of rotatable bonds is 30. The first-order valence-corrected chi connectivity index (χ1v) is 22.4. The lowest BCUT2D eigenvalue weighted by atomic mass is 10.1. The number of unbranched alkanes of at least 4 members (excludes halogenated alkanes) is 8. The van der Waals surface area contributed by atoms with Gasteiger partial charge in [0.15, 0.2) is 0 Å². The van der Waals surface area contributed by atoms with Gasteiger partial charge in [-0.3, -0.25) is 0 Å². The molecule has 0 bridgehead atoms. The fraction of sp³-hybridized carbons (Fsp3) is 0.385. The third-order valence-corrected chi connectivity index (χ3v) is 10.1. The quantitative estimate of drug-likeness (QED) is 0.0210. The van der Waals surface area contributed by atoms with Crippen molar-refractivity contribution in [2.24, 2.45) is 0 Å². The minimum atomic E-state index is -0.773. The number of carbonyl (C=O) groups is 4. The first-order valence-electron chi connectivity index (χ1n) is 22.4. The van der Waals surface area contributed by atoms with Crippen LogP contribution in [-0.4, -0.2) is 76.1 Å². The van der Waals surface area contributed by atoms with Crippen LogP contribution in [0.1, 0.15) is 96.1 Å². The Morgan fingerprint density at radius 2 is 0.788 bits per heavy atom. The Kier molecular flexibility index (Phi) is 22.5. The molecule has 0 amide bonds. The van der Waals surface area contributed by atoms with Gasteiger partial charge in [-0.25, -0.2) is 19.2 Å². The zero-order valence-corrected chi connectivity index (χ0v) is 37.4. The van der Waals surface area contributed by atoms with Crippen LogP contribution >= 0.6 is 0 Å². The van der Waals surface area contributed by atoms with Crippen LogP contribution in [0.3, 0.4) is 0 Å². The summed E-state index contributed by atoms with van der Waals surface area (Å²) >= 11 is 0. The van der Waals surface area contributed by atoms with Gasteiger partial charge < -0.3 is 47.4 Å². The molecule has 4 aromatic rings. The molecule has 0 radical (unpaired) electrons. The Morgan fingerprint density at radius 3 is 1.15 bits per heavy atom. The molecule has 0 aromatic heterocycles. The maximum Gasteiger partial charge on any atom is 0.343 e. The van der Waals surface area contributed by atoms with E-state index in [9.17, 15) is 19.2 Å². The van der Waals surface area contributed by atoms with Gasteiger partial charge in [-0.15, -0.1) is 0 Å². The van der Waals surface area contributed by atoms with Gasteiger partial charge in [0, 0.05) is 12.2 Å². The van der Waals surface area contributed by atoms with Crippen molar-refractivity contribution < 1.29 is 66.5 Å². The van der Waals surface area contributed by atoms with E-state index in [2.05, 4.69) is 13.2 Å². The summed E-state index contributed by atoms with van der Waals surface area (Å²) in [5, 5.41) is 0. The molecule has 14 heteroatoms. The minimum absolute atomic E-state index is 0.201. The van der Waals surface area contributed by atoms with Crippen molar-refractivity contribution in [1.82, 2.24) is 0 Å². The van der Waals surface area contributed by atoms with Crippen LogP contribution in [0.4, 0.5) is 0 Å². The summed E-state index contributed by atoms with van der Waals surface area (Å²) in [6, 6.07) is 27.7. The van der Waals surface area contributed by atoms with E-state index in [1.165, 1.54) is 12.2 Å². The van der Waals surface area contributed by atoms with E-state index in [4.69, 9.17) is 47.4 Å². The Bertz CT molecular complexity index is 1930. The van der Waals surface area contributed by atoms with Crippen LogP contribution in [0, 0.1) is 0 Å². The van der Waals surface area contributed by atoms with Crippen LogP contribution in [0.2, 0.25) is 0 Å². The first kappa shape index (κ1) is 50.7. The highest BCUT2D eigenvalue weighted by molar-refractivity contribution is 5.91. The zero-order valence-electron chi connectivity index (χ0n) is 37.4. The van der Waals surface area contributed by atoms with E-state index >= 15 is 0 Å². The van der Waals surface area contributed by atoms with Crippen molar-refractivity contribution >= 4 is 23.9 Å². The lowest BCUT2D eigenvalue weighted by molar-refractivity contribution is -0.326. The summed E-state index contributed by atoms with van der Waals surface area (Å²) in [6.45, 7) is 9.81. The van der Waals surface area contributed by atoms with Crippen molar-refractivity contribution in [3.8, 4) is 23.0 Å². The van der Waals surface area contributed by atoms with Gasteiger partial charge in [0.25, 0.3) is 0 Å². The Balaban J connectivity index is 0.943. The van der Waals surface area contributed by atoms with Gasteiger partial charge in [-0.2, -0.15) is 0 Å². The molecule has 1 aliphatic rings. The van der Waals surface area contributed by atoms with Gasteiger partial charge in [0.1, 0.15) is 23.0 Å². The largest absolute Gasteiger partial charge is 0.494 e. The zero-order chi connectivity index (χ0) is 46.6. The molecule has 5 rings (SSSR count). The second-order valence-corrected chi connectivity index (χ2v) is 15.2. The average Bonchev–Trinajstić information content (AvgIpc) is 3.35. The van der Waals surface area contributed by atoms with Crippen molar-refractivity contribution in [3.05, 3.63) is 145 Å². The van der Waals surface area contributed by atoms with Crippen molar-refractivity contribution in [2.75, 3.05) is 39.6 Å². The SMILES string of the molecule is C=CC(=O)OCCCCCCCOc1ccc(C(=O)Oc2ccc(CO[C@@H]3OCCO[C@H]3OCc3ccc(OC(=O)c4ccc(OCCCCCCCOC(=O)C=C)cc4)cc3)cc2)cc1. The van der Waals surface area contributed by atoms with Crippen LogP contribution in [-0.2, 0) is 51.2 Å². The van der Waals surface area contributed by atoms with E-state index < -0.39 is 36.5 Å². The smallest absolute Gasteiger partial charge is 0.343 e. The summed E-state index contributed by atoms with van der Waals surface area (Å²) in [4.78, 5) is 47.7. The molecule has 1 fully saturated rings. The topological polar surface area (TPSA) is 161 Å². The van der Waals surface area contributed by atoms with Crippen LogP contribution in [0.5, 0.6) is 23.0 Å². The normalized spacial score (nSPS) is 14.4. The van der Waals surface area contributed by atoms with Crippen LogP contribution in [0.25, 0.3) is 0 Å². The van der Waals surface area contributed by atoms with Gasteiger partial charge in [-0.1, -0.05) is 75.9 Å². The predicted molar refractivity (Wildman–Crippen MR) is 244 cm³/mol. The van der Waals surface area contributed by atoms with Gasteiger partial charge >= 0.3 is 23.9 Å². The molecule has 352 valence electrons. The standard InChI is InChI=1S/C52H60O14/c1-3-47(53)59-33-13-9-5-7-11-31-57-43-27-19-41(20-28-43)49(55)65-45-23-15-39(16-24-45)37-63-51-52(62-36-35-61-51)64-38-40-17-25-46(26-18-40)66-50(56)42-21-29-44(30-22-42)58-32-12-8-6-10-14-34-60-48(54)4-2/h3-4,15-30,51-52H,1-2,5-14,31-38H2/t51-,52-/m0/s1. The number of ether oxygens (including phenoxy) is 10. The molecule has 2 atom stereocenters. The fourth-order valence-corrected chi connectivity index (χ4v) is 6.42.